The van der Waals surface area contributed by atoms with Crippen molar-refractivity contribution in [3.63, 3.8) is 0 Å². The summed E-state index contributed by atoms with van der Waals surface area (Å²) >= 11 is 6.31. The van der Waals surface area contributed by atoms with E-state index in [1.807, 2.05) is 56.3 Å². The minimum absolute atomic E-state index is 0.0452. The van der Waals surface area contributed by atoms with E-state index in [2.05, 4.69) is 5.32 Å². The van der Waals surface area contributed by atoms with E-state index in [1.165, 1.54) is 0 Å². The Labute approximate surface area is 178 Å². The molecule has 29 heavy (non-hydrogen) atoms. The summed E-state index contributed by atoms with van der Waals surface area (Å²) in [6, 6.07) is 14.1. The van der Waals surface area contributed by atoms with Crippen molar-refractivity contribution >= 4 is 23.4 Å². The van der Waals surface area contributed by atoms with Gasteiger partial charge >= 0.3 is 0 Å². The van der Waals surface area contributed by atoms with Crippen molar-refractivity contribution in [1.29, 1.82) is 0 Å². The molecular formula is C23H29ClN2O3. The summed E-state index contributed by atoms with van der Waals surface area (Å²) in [6.07, 6.45) is 1.01. The van der Waals surface area contributed by atoms with Crippen LogP contribution in [0.2, 0.25) is 5.02 Å². The van der Waals surface area contributed by atoms with Crippen LogP contribution in [0, 0.1) is 0 Å². The molecule has 2 aromatic rings. The first kappa shape index (κ1) is 22.8. The van der Waals surface area contributed by atoms with Gasteiger partial charge in [0.15, 0.2) is 0 Å². The number of carbonyl (C=O) groups is 2. The van der Waals surface area contributed by atoms with E-state index in [4.69, 9.17) is 16.3 Å². The molecule has 2 amide bonds. The lowest BCUT2D eigenvalue weighted by atomic mass is 10.1. The van der Waals surface area contributed by atoms with E-state index >= 15 is 0 Å². The van der Waals surface area contributed by atoms with Gasteiger partial charge in [0.2, 0.25) is 11.8 Å². The zero-order valence-electron chi connectivity index (χ0n) is 17.4. The molecule has 156 valence electrons. The fourth-order valence-electron chi connectivity index (χ4n) is 2.88. The molecule has 6 heteroatoms. The maximum atomic E-state index is 13.2. The van der Waals surface area contributed by atoms with Crippen LogP contribution in [0.3, 0.4) is 0 Å². The second kappa shape index (κ2) is 10.9. The molecule has 0 bridgehead atoms. The topological polar surface area (TPSA) is 58.6 Å². The lowest BCUT2D eigenvalue weighted by molar-refractivity contribution is -0.140. The summed E-state index contributed by atoms with van der Waals surface area (Å²) in [6.45, 7) is 5.97. The molecule has 0 spiro atoms. The average molecular weight is 417 g/mol. The van der Waals surface area contributed by atoms with Crippen LogP contribution in [0.4, 0.5) is 0 Å². The van der Waals surface area contributed by atoms with E-state index in [1.54, 1.807) is 25.0 Å². The summed E-state index contributed by atoms with van der Waals surface area (Å²) in [5.74, 6) is 0.423. The summed E-state index contributed by atoms with van der Waals surface area (Å²) in [5, 5.41) is 3.54. The largest absolute Gasteiger partial charge is 0.497 e. The number of amides is 2. The molecule has 0 unspecified atom stereocenters. The number of rotatable bonds is 9. The predicted octanol–water partition coefficient (Wildman–Crippen LogP) is 4.22. The molecular weight excluding hydrogens is 388 g/mol. The monoisotopic (exact) mass is 416 g/mol. The number of hydrogen-bond donors (Lipinski definition) is 1. The van der Waals surface area contributed by atoms with Gasteiger partial charge in [-0.3, -0.25) is 9.59 Å². The highest BCUT2D eigenvalue weighted by Crippen LogP contribution is 2.20. The summed E-state index contributed by atoms with van der Waals surface area (Å²) in [5.41, 5.74) is 1.66. The van der Waals surface area contributed by atoms with Gasteiger partial charge in [-0.1, -0.05) is 48.9 Å². The van der Waals surface area contributed by atoms with Gasteiger partial charge in [-0.2, -0.15) is 0 Å². The molecule has 0 heterocycles. The fraction of sp³-hybridized carbons (Fsp3) is 0.391. The molecule has 5 nitrogen and oxygen atoms in total. The minimum atomic E-state index is -0.619. The van der Waals surface area contributed by atoms with Gasteiger partial charge in [0.1, 0.15) is 11.8 Å². The summed E-state index contributed by atoms with van der Waals surface area (Å²) in [4.78, 5) is 27.5. The number of nitrogens with zero attached hydrogens (tertiary/aromatic N) is 1. The first-order valence-electron chi connectivity index (χ1n) is 9.81. The highest BCUT2D eigenvalue weighted by molar-refractivity contribution is 6.31. The Morgan fingerprint density at radius 1 is 1.10 bits per heavy atom. The van der Waals surface area contributed by atoms with Crippen molar-refractivity contribution in [3.05, 3.63) is 64.7 Å². The molecule has 2 rings (SSSR count). The number of nitrogens with one attached hydrogen (secondary N) is 1. The third-order valence-corrected chi connectivity index (χ3v) is 5.35. The van der Waals surface area contributed by atoms with Crippen molar-refractivity contribution in [2.45, 2.75) is 52.2 Å². The van der Waals surface area contributed by atoms with Gasteiger partial charge in [0, 0.05) is 17.6 Å². The van der Waals surface area contributed by atoms with Crippen molar-refractivity contribution < 1.29 is 14.3 Å². The zero-order chi connectivity index (χ0) is 21.4. The molecule has 0 radical (unpaired) electrons. The maximum absolute atomic E-state index is 13.2. The molecule has 0 aliphatic rings. The molecule has 1 N–H and O–H groups in total. The van der Waals surface area contributed by atoms with Crippen LogP contribution in [0.25, 0.3) is 0 Å². The van der Waals surface area contributed by atoms with Crippen molar-refractivity contribution in [2.24, 2.45) is 0 Å². The smallest absolute Gasteiger partial charge is 0.242 e. The number of carbonyl (C=O) groups excluding carboxylic acids is 2. The lowest BCUT2D eigenvalue weighted by Crippen LogP contribution is -2.49. The van der Waals surface area contributed by atoms with Gasteiger partial charge in [0.25, 0.3) is 0 Å². The summed E-state index contributed by atoms with van der Waals surface area (Å²) in [7, 11) is 1.60. The van der Waals surface area contributed by atoms with Gasteiger partial charge in [-0.25, -0.2) is 0 Å². The lowest BCUT2D eigenvalue weighted by Gasteiger charge is -2.30. The second-order valence-electron chi connectivity index (χ2n) is 7.13. The molecule has 2 aromatic carbocycles. The van der Waals surface area contributed by atoms with Crippen LogP contribution in [-0.2, 0) is 22.6 Å². The first-order chi connectivity index (χ1) is 13.8. The van der Waals surface area contributed by atoms with Gasteiger partial charge in [0.05, 0.1) is 13.5 Å². The summed E-state index contributed by atoms with van der Waals surface area (Å²) < 4.78 is 5.17. The van der Waals surface area contributed by atoms with Crippen LogP contribution in [0.1, 0.15) is 38.3 Å². The van der Waals surface area contributed by atoms with Crippen molar-refractivity contribution in [1.82, 2.24) is 10.2 Å². The normalized spacial score (nSPS) is 12.7. The molecule has 2 atom stereocenters. The molecule has 0 saturated carbocycles. The van der Waals surface area contributed by atoms with Gasteiger partial charge < -0.3 is 15.0 Å². The van der Waals surface area contributed by atoms with Crippen LogP contribution >= 0.6 is 11.6 Å². The van der Waals surface area contributed by atoms with E-state index in [0.29, 0.717) is 5.02 Å². The molecule has 0 saturated heterocycles. The highest BCUT2D eigenvalue weighted by Gasteiger charge is 2.27. The standard InChI is InChI=1S/C23H29ClN2O3/c1-5-16(2)25-23(28)17(3)26(15-19-8-6-7-9-21(19)24)22(27)14-18-10-12-20(29-4)13-11-18/h6-13,16-17H,5,14-15H2,1-4H3,(H,25,28)/t16-,17-/m1/s1. The van der Waals surface area contributed by atoms with Crippen LogP contribution < -0.4 is 10.1 Å². The van der Waals surface area contributed by atoms with Crippen LogP contribution in [-0.4, -0.2) is 35.9 Å². The number of hydrogen-bond acceptors (Lipinski definition) is 3. The minimum Gasteiger partial charge on any atom is -0.497 e. The molecule has 0 aliphatic heterocycles. The van der Waals surface area contributed by atoms with Crippen LogP contribution in [0.5, 0.6) is 5.75 Å². The Morgan fingerprint density at radius 2 is 1.76 bits per heavy atom. The highest BCUT2D eigenvalue weighted by atomic mass is 35.5. The Morgan fingerprint density at radius 3 is 2.34 bits per heavy atom. The number of ether oxygens (including phenoxy) is 1. The maximum Gasteiger partial charge on any atom is 0.242 e. The Hall–Kier alpha value is -2.53. The Bertz CT molecular complexity index is 823. The van der Waals surface area contributed by atoms with E-state index in [0.717, 1.165) is 23.3 Å². The Kier molecular flexibility index (Phi) is 8.52. The Balaban J connectivity index is 2.23. The van der Waals surface area contributed by atoms with Crippen molar-refractivity contribution in [3.8, 4) is 5.75 Å². The van der Waals surface area contributed by atoms with E-state index in [-0.39, 0.29) is 30.8 Å². The fourth-order valence-corrected chi connectivity index (χ4v) is 3.07. The quantitative estimate of drug-likeness (QED) is 0.665. The second-order valence-corrected chi connectivity index (χ2v) is 7.54. The van der Waals surface area contributed by atoms with Crippen LogP contribution in [0.15, 0.2) is 48.5 Å². The molecule has 0 aliphatic carbocycles. The molecule has 0 aromatic heterocycles. The third kappa shape index (κ3) is 6.50. The van der Waals surface area contributed by atoms with Crippen molar-refractivity contribution in [2.75, 3.05) is 7.11 Å². The third-order valence-electron chi connectivity index (χ3n) is 4.98. The van der Waals surface area contributed by atoms with E-state index in [9.17, 15) is 9.59 Å². The van der Waals surface area contributed by atoms with Gasteiger partial charge in [-0.05, 0) is 49.6 Å². The van der Waals surface area contributed by atoms with Gasteiger partial charge in [-0.15, -0.1) is 0 Å². The van der Waals surface area contributed by atoms with E-state index < -0.39 is 6.04 Å². The first-order valence-corrected chi connectivity index (χ1v) is 10.2. The number of halogens is 1. The SMILES string of the molecule is CC[C@@H](C)NC(=O)[C@@H](C)N(Cc1ccccc1Cl)C(=O)Cc1ccc(OC)cc1. The predicted molar refractivity (Wildman–Crippen MR) is 116 cm³/mol. The molecule has 0 fully saturated rings. The average Bonchev–Trinajstić information content (AvgIpc) is 2.72. The zero-order valence-corrected chi connectivity index (χ0v) is 18.2. The number of benzene rings is 2. The number of methoxy groups -OCH3 is 1.